The van der Waals surface area contributed by atoms with Gasteiger partial charge in [-0.15, -0.1) is 0 Å². The van der Waals surface area contributed by atoms with Crippen molar-refractivity contribution in [3.05, 3.63) is 46.0 Å². The van der Waals surface area contributed by atoms with E-state index in [4.69, 9.17) is 4.74 Å². The first-order valence-corrected chi connectivity index (χ1v) is 6.75. The lowest BCUT2D eigenvalue weighted by atomic mass is 10.1. The monoisotopic (exact) mass is 337 g/mol. The topological polar surface area (TPSA) is 63.7 Å². The van der Waals surface area contributed by atoms with Crippen LogP contribution in [0.5, 0.6) is 0 Å². The van der Waals surface area contributed by atoms with E-state index in [0.29, 0.717) is 15.6 Å². The molecule has 1 aromatic rings. The molecular formula is C14H12BrNO4. The normalized spacial score (nSPS) is 13.4. The number of carbonyl (C=O) groups excluding carboxylic acids is 3. The number of nitrogens with zero attached hydrogens (tertiary/aromatic N) is 1. The molecule has 2 amide bonds. The summed E-state index contributed by atoms with van der Waals surface area (Å²) in [7, 11) is 0. The third kappa shape index (κ3) is 2.51. The fraction of sp³-hybridized carbons (Fsp3) is 0.214. The Bertz CT molecular complexity index is 624. The third-order valence-electron chi connectivity index (χ3n) is 2.85. The molecule has 1 aliphatic heterocycles. The van der Waals surface area contributed by atoms with Crippen LogP contribution >= 0.6 is 15.9 Å². The molecule has 0 radical (unpaired) electrons. The van der Waals surface area contributed by atoms with Crippen molar-refractivity contribution >= 4 is 33.7 Å². The van der Waals surface area contributed by atoms with Gasteiger partial charge in [0.1, 0.15) is 0 Å². The van der Waals surface area contributed by atoms with E-state index in [-0.39, 0.29) is 18.7 Å². The lowest BCUT2D eigenvalue weighted by Gasteiger charge is -2.14. The van der Waals surface area contributed by atoms with Crippen molar-refractivity contribution < 1.29 is 19.1 Å². The van der Waals surface area contributed by atoms with E-state index in [1.807, 2.05) is 0 Å². The fourth-order valence-corrected chi connectivity index (χ4v) is 2.26. The minimum absolute atomic E-state index is 0.0698. The van der Waals surface area contributed by atoms with Gasteiger partial charge in [0, 0.05) is 10.0 Å². The molecule has 1 aliphatic rings. The summed E-state index contributed by atoms with van der Waals surface area (Å²) in [6.45, 7) is 5.28. The Morgan fingerprint density at radius 3 is 2.60 bits per heavy atom. The molecule has 0 N–H and O–H groups in total. The molecular weight excluding hydrogens is 326 g/mol. The van der Waals surface area contributed by atoms with Gasteiger partial charge in [0.25, 0.3) is 11.8 Å². The largest absolute Gasteiger partial charge is 0.463 e. The quantitative estimate of drug-likeness (QED) is 0.480. The van der Waals surface area contributed by atoms with Crippen molar-refractivity contribution in [2.75, 3.05) is 13.2 Å². The number of ether oxygens (including phenoxy) is 1. The van der Waals surface area contributed by atoms with E-state index >= 15 is 0 Å². The molecule has 0 bridgehead atoms. The van der Waals surface area contributed by atoms with Gasteiger partial charge >= 0.3 is 5.97 Å². The third-order valence-corrected chi connectivity index (χ3v) is 3.34. The Morgan fingerprint density at radius 2 is 1.95 bits per heavy atom. The second-order valence-corrected chi connectivity index (χ2v) is 5.13. The summed E-state index contributed by atoms with van der Waals surface area (Å²) < 4.78 is 5.50. The Labute approximate surface area is 124 Å². The average Bonchev–Trinajstić information content (AvgIpc) is 2.64. The first-order valence-electron chi connectivity index (χ1n) is 5.96. The highest BCUT2D eigenvalue weighted by Crippen LogP contribution is 2.26. The van der Waals surface area contributed by atoms with E-state index in [0.717, 1.165) is 4.90 Å². The van der Waals surface area contributed by atoms with E-state index in [1.165, 1.54) is 0 Å². The molecule has 0 saturated heterocycles. The summed E-state index contributed by atoms with van der Waals surface area (Å²) in [6, 6.07) is 4.85. The fourth-order valence-electron chi connectivity index (χ4n) is 1.90. The number of esters is 1. The van der Waals surface area contributed by atoms with E-state index in [1.54, 1.807) is 25.1 Å². The first kappa shape index (κ1) is 14.5. The lowest BCUT2D eigenvalue weighted by Crippen LogP contribution is -2.33. The molecule has 0 fully saturated rings. The maximum Gasteiger partial charge on any atom is 0.335 e. The number of hydrogen-bond donors (Lipinski definition) is 0. The molecule has 0 spiro atoms. The van der Waals surface area contributed by atoms with Gasteiger partial charge in [-0.1, -0.05) is 22.5 Å². The molecule has 5 nitrogen and oxygen atoms in total. The molecule has 0 saturated carbocycles. The lowest BCUT2D eigenvalue weighted by molar-refractivity contribution is -0.138. The maximum atomic E-state index is 12.2. The zero-order chi connectivity index (χ0) is 14.9. The average molecular weight is 338 g/mol. The minimum atomic E-state index is -0.606. The summed E-state index contributed by atoms with van der Waals surface area (Å²) in [4.78, 5) is 36.8. The van der Waals surface area contributed by atoms with Gasteiger partial charge in [0.05, 0.1) is 24.3 Å². The Balaban J connectivity index is 2.21. The SMILES string of the molecule is C=C(CN1C(=O)c2ccc(Br)cc2C1=O)C(=O)OCC. The number of benzene rings is 1. The van der Waals surface area contributed by atoms with Crippen LogP contribution in [0.15, 0.2) is 34.8 Å². The minimum Gasteiger partial charge on any atom is -0.463 e. The van der Waals surface area contributed by atoms with Gasteiger partial charge < -0.3 is 4.74 Å². The molecule has 0 aliphatic carbocycles. The van der Waals surface area contributed by atoms with Crippen molar-refractivity contribution in [2.24, 2.45) is 0 Å². The standard InChI is InChI=1S/C14H12BrNO4/c1-3-20-14(19)8(2)7-16-12(17)10-5-4-9(15)6-11(10)13(16)18/h4-6H,2-3,7H2,1H3. The van der Waals surface area contributed by atoms with Gasteiger partial charge in [0.2, 0.25) is 0 Å². The Morgan fingerprint density at radius 1 is 1.30 bits per heavy atom. The molecule has 2 rings (SSSR count). The summed E-state index contributed by atoms with van der Waals surface area (Å²) in [6.07, 6.45) is 0. The van der Waals surface area contributed by atoms with Crippen LogP contribution in [0.4, 0.5) is 0 Å². The van der Waals surface area contributed by atoms with Crippen LogP contribution in [0.25, 0.3) is 0 Å². The van der Waals surface area contributed by atoms with E-state index in [9.17, 15) is 14.4 Å². The Kier molecular flexibility index (Phi) is 4.04. The van der Waals surface area contributed by atoms with E-state index in [2.05, 4.69) is 22.5 Å². The summed E-state index contributed by atoms with van der Waals surface area (Å²) in [5.41, 5.74) is 0.719. The first-order chi connectivity index (χ1) is 9.45. The highest BCUT2D eigenvalue weighted by molar-refractivity contribution is 9.10. The maximum absolute atomic E-state index is 12.2. The van der Waals surface area contributed by atoms with Crippen LogP contribution in [-0.4, -0.2) is 35.8 Å². The highest BCUT2D eigenvalue weighted by atomic mass is 79.9. The molecule has 20 heavy (non-hydrogen) atoms. The van der Waals surface area contributed by atoms with Gasteiger partial charge in [-0.2, -0.15) is 0 Å². The predicted octanol–water partition coefficient (Wildman–Crippen LogP) is 2.16. The number of hydrogen-bond acceptors (Lipinski definition) is 4. The van der Waals surface area contributed by atoms with Crippen molar-refractivity contribution in [2.45, 2.75) is 6.92 Å². The number of amides is 2. The zero-order valence-corrected chi connectivity index (χ0v) is 12.4. The highest BCUT2D eigenvalue weighted by Gasteiger charge is 2.36. The number of fused-ring (bicyclic) bond motifs is 1. The number of carbonyl (C=O) groups is 3. The van der Waals surface area contributed by atoms with Gasteiger partial charge in [-0.3, -0.25) is 14.5 Å². The number of imide groups is 1. The zero-order valence-electron chi connectivity index (χ0n) is 10.8. The summed E-state index contributed by atoms with van der Waals surface area (Å²) in [5, 5.41) is 0. The van der Waals surface area contributed by atoms with Crippen molar-refractivity contribution in [3.8, 4) is 0 Å². The molecule has 6 heteroatoms. The molecule has 1 heterocycles. The second kappa shape index (κ2) is 5.58. The van der Waals surface area contributed by atoms with Crippen molar-refractivity contribution in [3.63, 3.8) is 0 Å². The molecule has 104 valence electrons. The second-order valence-electron chi connectivity index (χ2n) is 4.21. The smallest absolute Gasteiger partial charge is 0.335 e. The van der Waals surface area contributed by atoms with Crippen molar-refractivity contribution in [1.82, 2.24) is 4.90 Å². The molecule has 1 aromatic carbocycles. The van der Waals surface area contributed by atoms with Gasteiger partial charge in [-0.25, -0.2) is 4.79 Å². The van der Waals surface area contributed by atoms with Crippen LogP contribution in [0.3, 0.4) is 0 Å². The summed E-state index contributed by atoms with van der Waals surface area (Å²) in [5.74, 6) is -1.47. The van der Waals surface area contributed by atoms with Crippen LogP contribution in [0.2, 0.25) is 0 Å². The number of rotatable bonds is 4. The molecule has 0 aromatic heterocycles. The molecule has 0 unspecified atom stereocenters. The number of halogens is 1. The van der Waals surface area contributed by atoms with Crippen LogP contribution < -0.4 is 0 Å². The summed E-state index contributed by atoms with van der Waals surface area (Å²) >= 11 is 3.25. The van der Waals surface area contributed by atoms with Gasteiger partial charge in [-0.05, 0) is 25.1 Å². The van der Waals surface area contributed by atoms with Crippen LogP contribution in [0.1, 0.15) is 27.6 Å². The van der Waals surface area contributed by atoms with E-state index < -0.39 is 17.8 Å². The van der Waals surface area contributed by atoms with Gasteiger partial charge in [0.15, 0.2) is 0 Å². The molecule has 0 atom stereocenters. The van der Waals surface area contributed by atoms with Crippen molar-refractivity contribution in [1.29, 1.82) is 0 Å². The van der Waals surface area contributed by atoms with Crippen LogP contribution in [0, 0.1) is 0 Å². The predicted molar refractivity (Wildman–Crippen MR) is 75.3 cm³/mol. The van der Waals surface area contributed by atoms with Crippen LogP contribution in [-0.2, 0) is 9.53 Å². The Hall–Kier alpha value is -1.95.